The van der Waals surface area contributed by atoms with Gasteiger partial charge in [0.15, 0.2) is 5.78 Å². The van der Waals surface area contributed by atoms with E-state index in [1.807, 2.05) is 4.90 Å². The van der Waals surface area contributed by atoms with Crippen LogP contribution in [-0.4, -0.2) is 59.8 Å². The average Bonchev–Trinajstić information content (AvgIpc) is 2.41. The van der Waals surface area contributed by atoms with Gasteiger partial charge in [-0.05, 0) is 18.2 Å². The molecule has 0 aromatic heterocycles. The summed E-state index contributed by atoms with van der Waals surface area (Å²) in [6.07, 6.45) is -0.303. The largest absolute Gasteiger partial charge is 0.507 e. The molecule has 2 N–H and O–H groups in total. The quantitative estimate of drug-likeness (QED) is 0.775. The van der Waals surface area contributed by atoms with Crippen LogP contribution in [0.25, 0.3) is 0 Å². The number of ketones is 1. The minimum Gasteiger partial charge on any atom is -0.507 e. The minimum absolute atomic E-state index is 0.0213. The van der Waals surface area contributed by atoms with E-state index in [4.69, 9.17) is 9.84 Å². The van der Waals surface area contributed by atoms with Gasteiger partial charge in [0.1, 0.15) is 11.6 Å². The molecule has 1 aliphatic rings. The fourth-order valence-corrected chi connectivity index (χ4v) is 2.05. The maximum Gasteiger partial charge on any atom is 0.180 e. The van der Waals surface area contributed by atoms with Gasteiger partial charge in [-0.1, -0.05) is 0 Å². The van der Waals surface area contributed by atoms with Gasteiger partial charge >= 0.3 is 0 Å². The molecule has 5 nitrogen and oxygen atoms in total. The Morgan fingerprint density at radius 1 is 1.53 bits per heavy atom. The van der Waals surface area contributed by atoms with Crippen molar-refractivity contribution in [3.63, 3.8) is 0 Å². The highest BCUT2D eigenvalue weighted by Crippen LogP contribution is 2.19. The van der Waals surface area contributed by atoms with Crippen molar-refractivity contribution in [2.75, 3.05) is 32.8 Å². The molecule has 19 heavy (non-hydrogen) atoms. The van der Waals surface area contributed by atoms with Crippen LogP contribution >= 0.6 is 0 Å². The first-order chi connectivity index (χ1) is 9.10. The van der Waals surface area contributed by atoms with Crippen molar-refractivity contribution in [2.45, 2.75) is 6.10 Å². The monoisotopic (exact) mass is 269 g/mol. The number of aliphatic hydroxyl groups is 1. The van der Waals surface area contributed by atoms with E-state index in [-0.39, 0.29) is 36.4 Å². The number of rotatable bonds is 4. The van der Waals surface area contributed by atoms with E-state index >= 15 is 0 Å². The molecule has 1 aromatic rings. The van der Waals surface area contributed by atoms with Crippen molar-refractivity contribution >= 4 is 5.78 Å². The molecule has 1 saturated heterocycles. The Hall–Kier alpha value is -1.50. The molecule has 1 atom stereocenters. The molecule has 2 rings (SSSR count). The lowest BCUT2D eigenvalue weighted by molar-refractivity contribution is -0.0503. The van der Waals surface area contributed by atoms with E-state index in [0.717, 1.165) is 12.1 Å². The van der Waals surface area contributed by atoms with E-state index in [0.29, 0.717) is 19.7 Å². The summed E-state index contributed by atoms with van der Waals surface area (Å²) < 4.78 is 18.3. The van der Waals surface area contributed by atoms with Crippen molar-refractivity contribution in [1.29, 1.82) is 0 Å². The van der Waals surface area contributed by atoms with Crippen LogP contribution in [0.2, 0.25) is 0 Å². The molecular weight excluding hydrogens is 253 g/mol. The Bertz CT molecular complexity index is 466. The molecule has 0 bridgehead atoms. The van der Waals surface area contributed by atoms with Crippen molar-refractivity contribution in [1.82, 2.24) is 4.90 Å². The number of benzene rings is 1. The molecule has 0 radical (unpaired) electrons. The number of nitrogens with zero attached hydrogens (tertiary/aromatic N) is 1. The number of halogens is 1. The molecule has 104 valence electrons. The number of aromatic hydroxyl groups is 1. The third-order valence-electron chi connectivity index (χ3n) is 3.05. The third kappa shape index (κ3) is 3.50. The summed E-state index contributed by atoms with van der Waals surface area (Å²) in [6, 6.07) is 3.29. The molecule has 0 saturated carbocycles. The maximum absolute atomic E-state index is 13.1. The first kappa shape index (κ1) is 13.9. The van der Waals surface area contributed by atoms with Crippen molar-refractivity contribution in [2.24, 2.45) is 0 Å². The van der Waals surface area contributed by atoms with Crippen LogP contribution in [0, 0.1) is 5.82 Å². The van der Waals surface area contributed by atoms with Crippen molar-refractivity contribution in [3.05, 3.63) is 29.6 Å². The number of hydrogen-bond donors (Lipinski definition) is 2. The number of phenolic OH excluding ortho intramolecular Hbond substituents is 1. The highest BCUT2D eigenvalue weighted by Gasteiger charge is 2.23. The Balaban J connectivity index is 2.02. The topological polar surface area (TPSA) is 70.0 Å². The van der Waals surface area contributed by atoms with E-state index in [1.54, 1.807) is 0 Å². The van der Waals surface area contributed by atoms with Gasteiger partial charge < -0.3 is 14.9 Å². The molecular formula is C13H16FNO4. The zero-order chi connectivity index (χ0) is 13.8. The number of morpholine rings is 1. The van der Waals surface area contributed by atoms with E-state index < -0.39 is 5.82 Å². The third-order valence-corrected chi connectivity index (χ3v) is 3.05. The smallest absolute Gasteiger partial charge is 0.180 e. The number of carbonyl (C=O) groups is 1. The molecule has 1 aromatic carbocycles. The van der Waals surface area contributed by atoms with Gasteiger partial charge in [-0.2, -0.15) is 0 Å². The van der Waals surface area contributed by atoms with Gasteiger partial charge in [-0.3, -0.25) is 9.69 Å². The molecule has 6 heteroatoms. The average molecular weight is 269 g/mol. The number of ether oxygens (including phenoxy) is 1. The summed E-state index contributed by atoms with van der Waals surface area (Å²) in [4.78, 5) is 13.8. The van der Waals surface area contributed by atoms with Crippen LogP contribution in [0.5, 0.6) is 5.75 Å². The second-order valence-electron chi connectivity index (χ2n) is 4.50. The lowest BCUT2D eigenvalue weighted by atomic mass is 10.1. The number of phenols is 1. The predicted octanol–water partition coefficient (Wildman–Crippen LogP) is 0.407. The molecule has 1 fully saturated rings. The van der Waals surface area contributed by atoms with E-state index in [9.17, 15) is 14.3 Å². The van der Waals surface area contributed by atoms with Gasteiger partial charge in [0.05, 0.1) is 31.4 Å². The SMILES string of the molecule is O=C(CN1CCOC(CO)C1)c1cc(F)ccc1O. The normalized spacial score (nSPS) is 20.4. The lowest BCUT2D eigenvalue weighted by Gasteiger charge is -2.31. The van der Waals surface area contributed by atoms with E-state index in [2.05, 4.69) is 0 Å². The molecule has 1 unspecified atom stereocenters. The Kier molecular flexibility index (Phi) is 4.47. The summed E-state index contributed by atoms with van der Waals surface area (Å²) in [5.74, 6) is -1.13. The van der Waals surface area contributed by atoms with Gasteiger partial charge in [0.2, 0.25) is 0 Å². The second-order valence-corrected chi connectivity index (χ2v) is 4.50. The molecule has 0 spiro atoms. The fraction of sp³-hybridized carbons (Fsp3) is 0.462. The van der Waals surface area contributed by atoms with Crippen LogP contribution < -0.4 is 0 Å². The second kappa shape index (κ2) is 6.10. The minimum atomic E-state index is -0.559. The number of Topliss-reactive ketones (excluding diaryl/α,β-unsaturated/α-hetero) is 1. The lowest BCUT2D eigenvalue weighted by Crippen LogP contribution is -2.45. The number of aliphatic hydroxyl groups excluding tert-OH is 1. The molecule has 1 heterocycles. The number of hydrogen-bond acceptors (Lipinski definition) is 5. The Labute approximate surface area is 110 Å². The predicted molar refractivity (Wildman–Crippen MR) is 65.7 cm³/mol. The Morgan fingerprint density at radius 3 is 3.05 bits per heavy atom. The summed E-state index contributed by atoms with van der Waals surface area (Å²) in [5, 5.41) is 18.6. The summed E-state index contributed by atoms with van der Waals surface area (Å²) in [7, 11) is 0. The van der Waals surface area contributed by atoms with Gasteiger partial charge in [-0.15, -0.1) is 0 Å². The van der Waals surface area contributed by atoms with Gasteiger partial charge in [0, 0.05) is 13.1 Å². The molecule has 0 aliphatic carbocycles. The zero-order valence-corrected chi connectivity index (χ0v) is 10.4. The highest BCUT2D eigenvalue weighted by molar-refractivity contribution is 6.00. The fourth-order valence-electron chi connectivity index (χ4n) is 2.05. The van der Waals surface area contributed by atoms with Crippen molar-refractivity contribution in [3.8, 4) is 5.75 Å². The first-order valence-corrected chi connectivity index (χ1v) is 6.06. The maximum atomic E-state index is 13.1. The molecule has 1 aliphatic heterocycles. The summed E-state index contributed by atoms with van der Waals surface area (Å²) in [6.45, 7) is 1.41. The molecule has 0 amide bonds. The Morgan fingerprint density at radius 2 is 2.32 bits per heavy atom. The van der Waals surface area contributed by atoms with Crippen LogP contribution in [0.4, 0.5) is 4.39 Å². The van der Waals surface area contributed by atoms with E-state index in [1.165, 1.54) is 6.07 Å². The van der Waals surface area contributed by atoms with Gasteiger partial charge in [-0.25, -0.2) is 4.39 Å². The van der Waals surface area contributed by atoms with Gasteiger partial charge in [0.25, 0.3) is 0 Å². The van der Waals surface area contributed by atoms with Crippen LogP contribution in [0.3, 0.4) is 0 Å². The number of carbonyl (C=O) groups excluding carboxylic acids is 1. The zero-order valence-electron chi connectivity index (χ0n) is 10.4. The van der Waals surface area contributed by atoms with Crippen molar-refractivity contribution < 1.29 is 24.1 Å². The van der Waals surface area contributed by atoms with Crippen LogP contribution in [0.15, 0.2) is 18.2 Å². The summed E-state index contributed by atoms with van der Waals surface area (Å²) >= 11 is 0. The highest BCUT2D eigenvalue weighted by atomic mass is 19.1. The summed E-state index contributed by atoms with van der Waals surface area (Å²) in [5.41, 5.74) is -0.0213. The van der Waals surface area contributed by atoms with Crippen LogP contribution in [0.1, 0.15) is 10.4 Å². The first-order valence-electron chi connectivity index (χ1n) is 6.06. The standard InChI is InChI=1S/C13H16FNO4/c14-9-1-2-12(17)11(5-9)13(18)7-15-3-4-19-10(6-15)8-16/h1-2,5,10,16-17H,3-4,6-8H2. The van der Waals surface area contributed by atoms with Crippen LogP contribution in [-0.2, 0) is 4.74 Å².